The Bertz CT molecular complexity index is 320. The predicted molar refractivity (Wildman–Crippen MR) is 78.5 cm³/mol. The zero-order chi connectivity index (χ0) is 13.8. The van der Waals surface area contributed by atoms with Crippen LogP contribution >= 0.6 is 0 Å². The van der Waals surface area contributed by atoms with E-state index in [1.807, 2.05) is 0 Å². The smallest absolute Gasteiger partial charge is 0.155 e. The molecule has 0 amide bonds. The maximum atomic E-state index is 11.5. The van der Waals surface area contributed by atoms with E-state index in [-0.39, 0.29) is 10.5 Å². The zero-order valence-corrected chi connectivity index (χ0v) is 13.3. The molecule has 0 bridgehead atoms. The molecule has 2 aliphatic carbocycles. The van der Waals surface area contributed by atoms with E-state index in [2.05, 4.69) is 13.8 Å². The molecule has 0 N–H and O–H groups in total. The van der Waals surface area contributed by atoms with Crippen LogP contribution in [0.5, 0.6) is 0 Å². The van der Waals surface area contributed by atoms with Crippen LogP contribution in [0.25, 0.3) is 0 Å². The third-order valence-corrected chi connectivity index (χ3v) is 7.23. The summed E-state index contributed by atoms with van der Waals surface area (Å²) in [4.78, 5) is 0. The summed E-state index contributed by atoms with van der Waals surface area (Å²) in [5.74, 6) is 2.04. The first-order valence-electron chi connectivity index (χ1n) is 7.58. The Balaban J connectivity index is 0.000000199. The molecule has 0 saturated heterocycles. The molecule has 0 aromatic rings. The van der Waals surface area contributed by atoms with Crippen LogP contribution in [0.1, 0.15) is 72.6 Å². The first-order valence-corrected chi connectivity index (χ1v) is 9.19. The Kier molecular flexibility index (Phi) is 6.16. The molecule has 0 aliphatic heterocycles. The molecule has 0 atom stereocenters. The van der Waals surface area contributed by atoms with Crippen LogP contribution in [0, 0.1) is 11.8 Å². The van der Waals surface area contributed by atoms with Crippen LogP contribution in [0.4, 0.5) is 0 Å². The van der Waals surface area contributed by atoms with Gasteiger partial charge in [0.05, 0.1) is 10.5 Å². The van der Waals surface area contributed by atoms with Gasteiger partial charge in [0.2, 0.25) is 0 Å². The van der Waals surface area contributed by atoms with Gasteiger partial charge in [-0.15, -0.1) is 0 Å². The molecule has 0 unspecified atom stereocenters. The fraction of sp³-hybridized carbons (Fsp3) is 1.00. The number of sulfone groups is 1. The standard InChI is InChI=1S/C8H16O2S.C7H14/c1-7(2)11(9,10)8-5-3-4-6-8;1-6(2)7-4-3-5-7/h7-8H,3-6H2,1-2H3;6-7H,3-5H2,1-2H3. The minimum Gasteiger partial charge on any atom is -0.228 e. The van der Waals surface area contributed by atoms with E-state index in [9.17, 15) is 8.42 Å². The summed E-state index contributed by atoms with van der Waals surface area (Å²) < 4.78 is 23.1. The van der Waals surface area contributed by atoms with E-state index in [0.717, 1.165) is 37.5 Å². The molecule has 3 heteroatoms. The minimum atomic E-state index is -2.78. The van der Waals surface area contributed by atoms with Gasteiger partial charge < -0.3 is 0 Å². The van der Waals surface area contributed by atoms with E-state index in [1.165, 1.54) is 19.3 Å². The number of rotatable bonds is 3. The topological polar surface area (TPSA) is 34.1 Å². The summed E-state index contributed by atoms with van der Waals surface area (Å²) in [6.45, 7) is 8.19. The summed E-state index contributed by atoms with van der Waals surface area (Å²) in [6, 6.07) is 0. The molecule has 18 heavy (non-hydrogen) atoms. The van der Waals surface area contributed by atoms with Gasteiger partial charge >= 0.3 is 0 Å². The van der Waals surface area contributed by atoms with E-state index >= 15 is 0 Å². The maximum Gasteiger partial charge on any atom is 0.155 e. The second kappa shape index (κ2) is 6.93. The first-order chi connectivity index (χ1) is 8.35. The van der Waals surface area contributed by atoms with Gasteiger partial charge in [0, 0.05) is 0 Å². The van der Waals surface area contributed by atoms with Crippen molar-refractivity contribution in [2.75, 3.05) is 0 Å². The van der Waals surface area contributed by atoms with Crippen LogP contribution < -0.4 is 0 Å². The Morgan fingerprint density at radius 1 is 0.833 bits per heavy atom. The number of hydrogen-bond acceptors (Lipinski definition) is 2. The molecule has 0 aromatic heterocycles. The van der Waals surface area contributed by atoms with E-state index in [1.54, 1.807) is 13.8 Å². The van der Waals surface area contributed by atoms with Gasteiger partial charge in [-0.05, 0) is 38.5 Å². The highest BCUT2D eigenvalue weighted by Gasteiger charge is 2.30. The van der Waals surface area contributed by atoms with Crippen molar-refractivity contribution in [3.63, 3.8) is 0 Å². The maximum absolute atomic E-state index is 11.5. The van der Waals surface area contributed by atoms with Crippen molar-refractivity contribution in [3.05, 3.63) is 0 Å². The average molecular weight is 274 g/mol. The van der Waals surface area contributed by atoms with Gasteiger partial charge in [-0.1, -0.05) is 46.0 Å². The fourth-order valence-corrected chi connectivity index (χ4v) is 4.47. The normalized spacial score (nSPS) is 21.9. The number of hydrogen-bond donors (Lipinski definition) is 0. The van der Waals surface area contributed by atoms with Crippen LogP contribution in [-0.4, -0.2) is 18.9 Å². The van der Waals surface area contributed by atoms with Gasteiger partial charge in [0.1, 0.15) is 0 Å². The molecule has 0 radical (unpaired) electrons. The molecular formula is C15H30O2S. The van der Waals surface area contributed by atoms with Crippen molar-refractivity contribution in [3.8, 4) is 0 Å². The summed E-state index contributed by atoms with van der Waals surface area (Å²) >= 11 is 0. The molecule has 0 spiro atoms. The molecular weight excluding hydrogens is 244 g/mol. The highest BCUT2D eigenvalue weighted by atomic mass is 32.2. The van der Waals surface area contributed by atoms with Crippen molar-refractivity contribution >= 4 is 9.84 Å². The molecule has 2 rings (SSSR count). The van der Waals surface area contributed by atoms with Gasteiger partial charge in [-0.25, -0.2) is 8.42 Å². The lowest BCUT2D eigenvalue weighted by Crippen LogP contribution is -2.25. The highest BCUT2D eigenvalue weighted by Crippen LogP contribution is 2.32. The molecule has 2 fully saturated rings. The molecule has 2 saturated carbocycles. The average Bonchev–Trinajstić information content (AvgIpc) is 2.67. The highest BCUT2D eigenvalue weighted by molar-refractivity contribution is 7.92. The Labute approximate surface area is 113 Å². The van der Waals surface area contributed by atoms with E-state index in [0.29, 0.717) is 0 Å². The predicted octanol–water partition coefficient (Wildman–Crippen LogP) is 4.19. The van der Waals surface area contributed by atoms with Crippen LogP contribution in [-0.2, 0) is 9.84 Å². The molecule has 2 aliphatic rings. The van der Waals surface area contributed by atoms with Crippen molar-refractivity contribution in [2.24, 2.45) is 11.8 Å². The second-order valence-electron chi connectivity index (χ2n) is 6.48. The van der Waals surface area contributed by atoms with Crippen molar-refractivity contribution in [1.29, 1.82) is 0 Å². The Hall–Kier alpha value is -0.0500. The first kappa shape index (κ1) is 16.0. The van der Waals surface area contributed by atoms with E-state index < -0.39 is 9.84 Å². The summed E-state index contributed by atoms with van der Waals surface area (Å²) in [7, 11) is -2.78. The van der Waals surface area contributed by atoms with E-state index in [4.69, 9.17) is 0 Å². The van der Waals surface area contributed by atoms with Gasteiger partial charge in [-0.2, -0.15) is 0 Å². The molecule has 108 valence electrons. The lowest BCUT2D eigenvalue weighted by atomic mass is 9.78. The third-order valence-electron chi connectivity index (χ3n) is 4.52. The molecule has 0 heterocycles. The fourth-order valence-electron chi connectivity index (χ4n) is 2.71. The quantitative estimate of drug-likeness (QED) is 0.773. The summed E-state index contributed by atoms with van der Waals surface area (Å²) in [5, 5.41) is -0.215. The van der Waals surface area contributed by atoms with Gasteiger partial charge in [0.25, 0.3) is 0 Å². The van der Waals surface area contributed by atoms with Crippen LogP contribution in [0.3, 0.4) is 0 Å². The molecule has 2 nitrogen and oxygen atoms in total. The van der Waals surface area contributed by atoms with Crippen molar-refractivity contribution < 1.29 is 8.42 Å². The van der Waals surface area contributed by atoms with Gasteiger partial charge in [0.15, 0.2) is 9.84 Å². The van der Waals surface area contributed by atoms with Crippen molar-refractivity contribution in [2.45, 2.75) is 83.1 Å². The Morgan fingerprint density at radius 3 is 1.56 bits per heavy atom. The largest absolute Gasteiger partial charge is 0.228 e. The van der Waals surface area contributed by atoms with Gasteiger partial charge in [-0.3, -0.25) is 0 Å². The third kappa shape index (κ3) is 4.25. The second-order valence-corrected chi connectivity index (χ2v) is 9.27. The molecule has 0 aromatic carbocycles. The zero-order valence-electron chi connectivity index (χ0n) is 12.5. The lowest BCUT2D eigenvalue weighted by Gasteiger charge is -2.28. The Morgan fingerprint density at radius 2 is 1.33 bits per heavy atom. The summed E-state index contributed by atoms with van der Waals surface area (Å²) in [5.41, 5.74) is 0. The van der Waals surface area contributed by atoms with Crippen LogP contribution in [0.2, 0.25) is 0 Å². The monoisotopic (exact) mass is 274 g/mol. The summed E-state index contributed by atoms with van der Waals surface area (Å²) in [6.07, 6.45) is 8.45. The lowest BCUT2D eigenvalue weighted by molar-refractivity contribution is 0.235. The van der Waals surface area contributed by atoms with Crippen molar-refractivity contribution in [1.82, 2.24) is 0 Å². The minimum absolute atomic E-state index is 0.0255. The SMILES string of the molecule is CC(C)C1CCC1.CC(C)S(=O)(=O)C1CCCC1. The van der Waals surface area contributed by atoms with Crippen LogP contribution in [0.15, 0.2) is 0 Å².